The topological polar surface area (TPSA) is 34.1 Å². The molecule has 0 N–H and O–H groups in total. The Morgan fingerprint density at radius 1 is 0.970 bits per heavy atom. The van der Waals surface area contributed by atoms with Crippen LogP contribution in [0.3, 0.4) is 0 Å². The third-order valence-corrected chi connectivity index (χ3v) is 7.13. The molecule has 3 aliphatic heterocycles. The second-order valence-corrected chi connectivity index (χ2v) is 11.1. The Bertz CT molecular complexity index is 1060. The average Bonchev–Trinajstić information content (AvgIpc) is 3.11. The number of aliphatic imine (C=N–C) groups is 1. The van der Waals surface area contributed by atoms with Gasteiger partial charge in [0.2, 0.25) is 0 Å². The lowest BCUT2D eigenvalue weighted by Gasteiger charge is -2.35. The van der Waals surface area contributed by atoms with Crippen LogP contribution >= 0.6 is 0 Å². The Morgan fingerprint density at radius 3 is 2.39 bits per heavy atom. The summed E-state index contributed by atoms with van der Waals surface area (Å²) in [5.74, 6) is 1.93. The summed E-state index contributed by atoms with van der Waals surface area (Å²) in [4.78, 5) is 7.93. The summed E-state index contributed by atoms with van der Waals surface area (Å²) in [6, 6.07) is 10.7. The van der Waals surface area contributed by atoms with Crippen LogP contribution in [-0.2, 0) is 19.4 Å². The van der Waals surface area contributed by atoms with E-state index in [0.717, 1.165) is 49.7 Å². The highest BCUT2D eigenvalue weighted by molar-refractivity contribution is 6.16. The fraction of sp³-hybridized carbons (Fsp3) is 0.552. The van der Waals surface area contributed by atoms with Gasteiger partial charge in [-0.05, 0) is 72.5 Å². The van der Waals surface area contributed by atoms with Crippen molar-refractivity contribution in [2.75, 3.05) is 19.7 Å². The maximum absolute atomic E-state index is 6.61. The van der Waals surface area contributed by atoms with E-state index in [1.807, 2.05) is 0 Å². The number of nitrogens with zero attached hydrogens (tertiary/aromatic N) is 2. The number of benzene rings is 2. The molecular weight excluding hydrogens is 408 g/mol. The quantitative estimate of drug-likeness (QED) is 0.568. The summed E-state index contributed by atoms with van der Waals surface area (Å²) in [5, 5.41) is 0. The maximum Gasteiger partial charge on any atom is 0.166 e. The van der Waals surface area contributed by atoms with Crippen molar-refractivity contribution in [3.63, 3.8) is 0 Å². The Balaban J connectivity index is 1.76. The Hall–Kier alpha value is -2.33. The molecule has 0 saturated carbocycles. The molecule has 176 valence electrons. The molecule has 2 aromatic rings. The van der Waals surface area contributed by atoms with Gasteiger partial charge in [-0.15, -0.1) is 0 Å². The summed E-state index contributed by atoms with van der Waals surface area (Å²) < 4.78 is 13.0. The van der Waals surface area contributed by atoms with Crippen molar-refractivity contribution in [3.05, 3.63) is 58.1 Å². The highest BCUT2D eigenvalue weighted by Gasteiger charge is 2.42. The van der Waals surface area contributed by atoms with Crippen LogP contribution in [0.2, 0.25) is 0 Å². The highest BCUT2D eigenvalue weighted by atomic mass is 16.5. The molecule has 2 aromatic carbocycles. The van der Waals surface area contributed by atoms with Crippen molar-refractivity contribution in [2.45, 2.75) is 84.4 Å². The number of likely N-dealkylation sites (tertiary alicyclic amines) is 1. The molecule has 0 bridgehead atoms. The standard InChI is InChI=1S/C29H38N2O2/c1-6-32-26-23(19-31-15-11-8-12-16-31)21-17-28(2,3)30-25(20-13-9-7-10-14-20)24(21)22-18-29(4,5)33-27(22)26/h7,9-10,13-14H,6,8,11-12,15-19H2,1-5H3. The van der Waals surface area contributed by atoms with Gasteiger partial charge < -0.3 is 9.47 Å². The molecule has 0 atom stereocenters. The van der Waals surface area contributed by atoms with Crippen molar-refractivity contribution in [1.82, 2.24) is 4.90 Å². The highest BCUT2D eigenvalue weighted by Crippen LogP contribution is 2.51. The minimum Gasteiger partial charge on any atom is -0.490 e. The molecule has 1 fully saturated rings. The van der Waals surface area contributed by atoms with Gasteiger partial charge in [0, 0.05) is 35.2 Å². The van der Waals surface area contributed by atoms with Crippen molar-refractivity contribution in [3.8, 4) is 11.5 Å². The first-order valence-electron chi connectivity index (χ1n) is 12.7. The molecule has 0 radical (unpaired) electrons. The third kappa shape index (κ3) is 4.30. The molecule has 0 spiro atoms. The van der Waals surface area contributed by atoms with Crippen LogP contribution in [0.25, 0.3) is 0 Å². The normalized spacial score (nSPS) is 21.1. The van der Waals surface area contributed by atoms with E-state index in [1.165, 1.54) is 47.1 Å². The lowest BCUT2D eigenvalue weighted by Crippen LogP contribution is -2.34. The zero-order chi connectivity index (χ0) is 23.2. The van der Waals surface area contributed by atoms with Crippen LogP contribution in [0.5, 0.6) is 11.5 Å². The van der Waals surface area contributed by atoms with Gasteiger partial charge in [-0.25, -0.2) is 0 Å². The molecule has 3 heterocycles. The summed E-state index contributed by atoms with van der Waals surface area (Å²) in [6.45, 7) is 14.9. The molecule has 3 aliphatic rings. The second kappa shape index (κ2) is 8.47. The van der Waals surface area contributed by atoms with Crippen molar-refractivity contribution < 1.29 is 9.47 Å². The molecule has 33 heavy (non-hydrogen) atoms. The van der Waals surface area contributed by atoms with Gasteiger partial charge in [0.15, 0.2) is 11.5 Å². The molecule has 0 amide bonds. The van der Waals surface area contributed by atoms with E-state index < -0.39 is 0 Å². The minimum absolute atomic E-state index is 0.165. The fourth-order valence-electron chi connectivity index (χ4n) is 5.79. The number of hydrogen-bond acceptors (Lipinski definition) is 4. The van der Waals surface area contributed by atoms with E-state index in [1.54, 1.807) is 0 Å². The Morgan fingerprint density at radius 2 is 1.70 bits per heavy atom. The van der Waals surface area contributed by atoms with E-state index in [2.05, 4.69) is 69.9 Å². The lowest BCUT2D eigenvalue weighted by atomic mass is 9.78. The van der Waals surface area contributed by atoms with E-state index >= 15 is 0 Å². The maximum atomic E-state index is 6.61. The Labute approximate surface area is 199 Å². The zero-order valence-electron chi connectivity index (χ0n) is 21.0. The number of hydrogen-bond donors (Lipinski definition) is 0. The van der Waals surface area contributed by atoms with Crippen LogP contribution < -0.4 is 9.47 Å². The fourth-order valence-corrected chi connectivity index (χ4v) is 5.79. The van der Waals surface area contributed by atoms with Crippen LogP contribution in [0.4, 0.5) is 0 Å². The summed E-state index contributed by atoms with van der Waals surface area (Å²) in [5.41, 5.74) is 7.20. The summed E-state index contributed by atoms with van der Waals surface area (Å²) in [7, 11) is 0. The molecule has 0 aromatic heterocycles. The van der Waals surface area contributed by atoms with Gasteiger partial charge in [-0.2, -0.15) is 0 Å². The zero-order valence-corrected chi connectivity index (χ0v) is 21.0. The molecule has 0 aliphatic carbocycles. The number of piperidine rings is 1. The number of rotatable bonds is 5. The molecule has 4 heteroatoms. The molecule has 5 rings (SSSR count). The molecular formula is C29H38N2O2. The predicted octanol–water partition coefficient (Wildman–Crippen LogP) is 5.96. The van der Waals surface area contributed by atoms with Crippen molar-refractivity contribution >= 4 is 5.71 Å². The van der Waals surface area contributed by atoms with Crippen LogP contribution in [0, 0.1) is 0 Å². The SMILES string of the molecule is CCOc1c(CN2CCCCC2)c2c(c3c1OC(C)(C)C3)C(c1ccccc1)=NC(C)(C)C2. The first-order chi connectivity index (χ1) is 15.8. The van der Waals surface area contributed by atoms with Crippen LogP contribution in [-0.4, -0.2) is 41.4 Å². The molecule has 0 unspecified atom stereocenters. The van der Waals surface area contributed by atoms with E-state index in [9.17, 15) is 0 Å². The first kappa shape index (κ1) is 22.5. The van der Waals surface area contributed by atoms with Crippen LogP contribution in [0.1, 0.15) is 81.7 Å². The van der Waals surface area contributed by atoms with E-state index in [4.69, 9.17) is 14.5 Å². The lowest BCUT2D eigenvalue weighted by molar-refractivity contribution is 0.131. The smallest absolute Gasteiger partial charge is 0.166 e. The van der Waals surface area contributed by atoms with E-state index in [-0.39, 0.29) is 11.1 Å². The molecule has 4 nitrogen and oxygen atoms in total. The third-order valence-electron chi connectivity index (χ3n) is 7.13. The van der Waals surface area contributed by atoms with Crippen LogP contribution in [0.15, 0.2) is 35.3 Å². The van der Waals surface area contributed by atoms with E-state index in [0.29, 0.717) is 6.61 Å². The van der Waals surface area contributed by atoms with Crippen molar-refractivity contribution in [2.24, 2.45) is 4.99 Å². The number of fused-ring (bicyclic) bond motifs is 3. The van der Waals surface area contributed by atoms with Gasteiger partial charge in [0.1, 0.15) is 5.60 Å². The van der Waals surface area contributed by atoms with Gasteiger partial charge in [-0.3, -0.25) is 9.89 Å². The molecule has 1 saturated heterocycles. The van der Waals surface area contributed by atoms with Gasteiger partial charge >= 0.3 is 0 Å². The number of ether oxygens (including phenoxy) is 2. The first-order valence-corrected chi connectivity index (χ1v) is 12.7. The largest absolute Gasteiger partial charge is 0.490 e. The average molecular weight is 447 g/mol. The van der Waals surface area contributed by atoms with Gasteiger partial charge in [-0.1, -0.05) is 36.8 Å². The van der Waals surface area contributed by atoms with Crippen molar-refractivity contribution in [1.29, 1.82) is 0 Å². The van der Waals surface area contributed by atoms with Gasteiger partial charge in [0.25, 0.3) is 0 Å². The summed E-state index contributed by atoms with van der Waals surface area (Å²) in [6.07, 6.45) is 5.70. The second-order valence-electron chi connectivity index (χ2n) is 11.1. The van der Waals surface area contributed by atoms with Gasteiger partial charge in [0.05, 0.1) is 17.9 Å². The predicted molar refractivity (Wildman–Crippen MR) is 135 cm³/mol. The monoisotopic (exact) mass is 446 g/mol. The Kier molecular flexibility index (Phi) is 5.76. The minimum atomic E-state index is -0.250. The summed E-state index contributed by atoms with van der Waals surface area (Å²) >= 11 is 0.